The van der Waals surface area contributed by atoms with E-state index < -0.39 is 5.92 Å². The summed E-state index contributed by atoms with van der Waals surface area (Å²) in [6, 6.07) is 7.61. The molecule has 112 valence electrons. The van der Waals surface area contributed by atoms with E-state index in [1.165, 1.54) is 6.20 Å². The fourth-order valence-corrected chi connectivity index (χ4v) is 3.16. The molecular weight excluding hydrogens is 319 g/mol. The van der Waals surface area contributed by atoms with Gasteiger partial charge in [-0.2, -0.15) is 5.26 Å². The molecule has 22 heavy (non-hydrogen) atoms. The van der Waals surface area contributed by atoms with Crippen LogP contribution in [0.1, 0.15) is 24.3 Å². The average molecular weight is 333 g/mol. The van der Waals surface area contributed by atoms with E-state index in [4.69, 9.17) is 34.7 Å². The van der Waals surface area contributed by atoms with Gasteiger partial charge in [0.2, 0.25) is 0 Å². The number of allylic oxidation sites excluding steroid dienone is 2. The second kappa shape index (κ2) is 5.68. The molecule has 1 aromatic carbocycles. The molecule has 3 rings (SSSR count). The van der Waals surface area contributed by atoms with Crippen molar-refractivity contribution in [3.63, 3.8) is 0 Å². The number of nitrogens with two attached hydrogens (primary N) is 2. The van der Waals surface area contributed by atoms with E-state index in [0.29, 0.717) is 32.9 Å². The van der Waals surface area contributed by atoms with Crippen molar-refractivity contribution < 1.29 is 0 Å². The van der Waals surface area contributed by atoms with Crippen molar-refractivity contribution in [2.24, 2.45) is 22.4 Å². The van der Waals surface area contributed by atoms with Crippen LogP contribution in [0.25, 0.3) is 0 Å². The van der Waals surface area contributed by atoms with E-state index in [9.17, 15) is 5.26 Å². The molecule has 0 amide bonds. The quantitative estimate of drug-likeness (QED) is 0.868. The molecule has 1 heterocycles. The fourth-order valence-electron chi connectivity index (χ4n) is 2.74. The van der Waals surface area contributed by atoms with Gasteiger partial charge < -0.3 is 11.5 Å². The van der Waals surface area contributed by atoms with Gasteiger partial charge in [-0.1, -0.05) is 35.3 Å². The van der Waals surface area contributed by atoms with E-state index in [-0.39, 0.29) is 0 Å². The number of hydrogen-bond donors (Lipinski definition) is 2. The summed E-state index contributed by atoms with van der Waals surface area (Å²) >= 11 is 12.5. The first-order valence-corrected chi connectivity index (χ1v) is 7.68. The molecule has 1 unspecified atom stereocenters. The molecule has 1 fully saturated rings. The van der Waals surface area contributed by atoms with Crippen LogP contribution in [0, 0.1) is 17.2 Å². The Balaban J connectivity index is 2.24. The van der Waals surface area contributed by atoms with Crippen LogP contribution < -0.4 is 11.5 Å². The molecular formula is C16H14Cl2N4. The molecule has 4 nitrogen and oxygen atoms in total. The predicted octanol–water partition coefficient (Wildman–Crippen LogP) is 3.48. The lowest BCUT2D eigenvalue weighted by molar-refractivity contribution is 0.865. The lowest BCUT2D eigenvalue weighted by atomic mass is 9.81. The van der Waals surface area contributed by atoms with Crippen molar-refractivity contribution in [3.8, 4) is 6.07 Å². The normalized spacial score (nSPS) is 23.4. The van der Waals surface area contributed by atoms with Gasteiger partial charge in [-0.05, 0) is 24.5 Å². The highest BCUT2D eigenvalue weighted by Gasteiger charge is 2.38. The van der Waals surface area contributed by atoms with Gasteiger partial charge in [0.1, 0.15) is 5.84 Å². The monoisotopic (exact) mass is 332 g/mol. The van der Waals surface area contributed by atoms with Gasteiger partial charge in [-0.25, -0.2) is 4.99 Å². The highest BCUT2D eigenvalue weighted by molar-refractivity contribution is 6.42. The van der Waals surface area contributed by atoms with Gasteiger partial charge in [0.05, 0.1) is 33.3 Å². The molecule has 0 spiro atoms. The Labute approximate surface area is 138 Å². The van der Waals surface area contributed by atoms with Gasteiger partial charge in [0.15, 0.2) is 0 Å². The summed E-state index contributed by atoms with van der Waals surface area (Å²) in [5.74, 6) is 0.215. The number of benzene rings is 1. The zero-order chi connectivity index (χ0) is 15.9. The van der Waals surface area contributed by atoms with Crippen LogP contribution >= 0.6 is 23.2 Å². The van der Waals surface area contributed by atoms with Gasteiger partial charge in [0.25, 0.3) is 0 Å². The highest BCUT2D eigenvalue weighted by atomic mass is 35.5. The van der Waals surface area contributed by atoms with Crippen molar-refractivity contribution in [2.45, 2.75) is 18.8 Å². The highest BCUT2D eigenvalue weighted by Crippen LogP contribution is 2.47. The minimum Gasteiger partial charge on any atom is -0.404 e. The van der Waals surface area contributed by atoms with Crippen molar-refractivity contribution in [2.75, 3.05) is 0 Å². The van der Waals surface area contributed by atoms with Crippen LogP contribution in [-0.2, 0) is 0 Å². The Hall–Kier alpha value is -1.96. The Kier molecular flexibility index (Phi) is 3.86. The van der Waals surface area contributed by atoms with E-state index in [0.717, 1.165) is 24.1 Å². The molecule has 1 atom stereocenters. The number of amidine groups is 1. The molecule has 1 aromatic rings. The maximum atomic E-state index is 9.67. The first kappa shape index (κ1) is 15.0. The molecule has 2 aliphatic rings. The van der Waals surface area contributed by atoms with Crippen LogP contribution in [0.5, 0.6) is 0 Å². The first-order chi connectivity index (χ1) is 10.6. The Morgan fingerprint density at radius 3 is 2.64 bits per heavy atom. The SMILES string of the molecule is N#CC1=C(C2CC2)N=C(N)/C(=C\N)C1c1cccc(Cl)c1Cl. The van der Waals surface area contributed by atoms with Crippen LogP contribution in [0.4, 0.5) is 0 Å². The minimum absolute atomic E-state index is 0.299. The zero-order valence-corrected chi connectivity index (χ0v) is 13.2. The van der Waals surface area contributed by atoms with E-state index in [2.05, 4.69) is 11.1 Å². The topological polar surface area (TPSA) is 88.2 Å². The smallest absolute Gasteiger partial charge is 0.129 e. The number of rotatable bonds is 2. The number of nitriles is 1. The summed E-state index contributed by atoms with van der Waals surface area (Å²) in [6.07, 6.45) is 3.44. The van der Waals surface area contributed by atoms with Crippen molar-refractivity contribution >= 4 is 29.0 Å². The molecule has 1 aliphatic heterocycles. The zero-order valence-electron chi connectivity index (χ0n) is 11.7. The number of halogens is 2. The number of nitrogens with zero attached hydrogens (tertiary/aromatic N) is 2. The standard InChI is InChI=1S/C16H14Cl2N4/c17-12-3-1-2-9(14(12)18)13-10(6-19)15(8-4-5-8)22-16(21)11(13)7-20/h1-3,7-8,13H,4-5,20H2,(H2,21,22)/b11-7-. The second-order valence-electron chi connectivity index (χ2n) is 5.38. The largest absolute Gasteiger partial charge is 0.404 e. The van der Waals surface area contributed by atoms with Gasteiger partial charge >= 0.3 is 0 Å². The molecule has 0 bridgehead atoms. The summed E-state index contributed by atoms with van der Waals surface area (Å²) < 4.78 is 0. The molecule has 0 aromatic heterocycles. The van der Waals surface area contributed by atoms with E-state index in [1.54, 1.807) is 12.1 Å². The summed E-state index contributed by atoms with van der Waals surface area (Å²) in [5, 5.41) is 10.5. The van der Waals surface area contributed by atoms with Crippen molar-refractivity contribution in [1.82, 2.24) is 0 Å². The van der Waals surface area contributed by atoms with Crippen molar-refractivity contribution in [1.29, 1.82) is 5.26 Å². The number of aliphatic imine (C=N–C) groups is 1. The van der Waals surface area contributed by atoms with Gasteiger partial charge in [0, 0.05) is 17.7 Å². The van der Waals surface area contributed by atoms with E-state index >= 15 is 0 Å². The molecule has 0 saturated heterocycles. The summed E-state index contributed by atoms with van der Waals surface area (Å²) in [5.41, 5.74) is 14.4. The molecule has 0 radical (unpaired) electrons. The third kappa shape index (κ3) is 2.37. The second-order valence-corrected chi connectivity index (χ2v) is 6.17. The maximum absolute atomic E-state index is 9.67. The average Bonchev–Trinajstić information content (AvgIpc) is 3.33. The lowest BCUT2D eigenvalue weighted by Gasteiger charge is -2.26. The Morgan fingerprint density at radius 2 is 2.05 bits per heavy atom. The van der Waals surface area contributed by atoms with Crippen molar-refractivity contribution in [3.05, 3.63) is 56.9 Å². The third-order valence-electron chi connectivity index (χ3n) is 3.97. The van der Waals surface area contributed by atoms with Crippen LogP contribution in [0.15, 0.2) is 46.2 Å². The van der Waals surface area contributed by atoms with Crippen LogP contribution in [-0.4, -0.2) is 5.84 Å². The summed E-state index contributed by atoms with van der Waals surface area (Å²) in [6.45, 7) is 0. The minimum atomic E-state index is -0.422. The molecule has 4 N–H and O–H groups in total. The summed E-state index contributed by atoms with van der Waals surface area (Å²) in [7, 11) is 0. The first-order valence-electron chi connectivity index (χ1n) is 6.92. The van der Waals surface area contributed by atoms with E-state index in [1.807, 2.05) is 6.07 Å². The van der Waals surface area contributed by atoms with Gasteiger partial charge in [-0.15, -0.1) is 0 Å². The molecule has 1 saturated carbocycles. The maximum Gasteiger partial charge on any atom is 0.129 e. The molecule has 6 heteroatoms. The predicted molar refractivity (Wildman–Crippen MR) is 88.5 cm³/mol. The Morgan fingerprint density at radius 1 is 1.32 bits per heavy atom. The Bertz CT molecular complexity index is 767. The van der Waals surface area contributed by atoms with Gasteiger partial charge in [-0.3, -0.25) is 0 Å². The van der Waals surface area contributed by atoms with Crippen LogP contribution in [0.3, 0.4) is 0 Å². The van der Waals surface area contributed by atoms with Crippen LogP contribution in [0.2, 0.25) is 10.0 Å². The third-order valence-corrected chi connectivity index (χ3v) is 4.80. The summed E-state index contributed by atoms with van der Waals surface area (Å²) in [4.78, 5) is 4.40. The fraction of sp³-hybridized carbons (Fsp3) is 0.250. The lowest BCUT2D eigenvalue weighted by Crippen LogP contribution is -2.27. The molecule has 1 aliphatic carbocycles. The number of hydrogen-bond acceptors (Lipinski definition) is 4.